The number of amides is 1. The second-order valence-corrected chi connectivity index (χ2v) is 4.55. The highest BCUT2D eigenvalue weighted by Gasteiger charge is 2.11. The summed E-state index contributed by atoms with van der Waals surface area (Å²) in [7, 11) is 1.56. The van der Waals surface area contributed by atoms with Gasteiger partial charge in [0.15, 0.2) is 0 Å². The van der Waals surface area contributed by atoms with E-state index in [9.17, 15) is 4.79 Å². The lowest BCUT2D eigenvalue weighted by atomic mass is 10.1. The third-order valence-corrected chi connectivity index (χ3v) is 2.92. The second kappa shape index (κ2) is 5.75. The molecule has 0 radical (unpaired) electrons. The molecule has 0 bridgehead atoms. The predicted octanol–water partition coefficient (Wildman–Crippen LogP) is 2.56. The highest BCUT2D eigenvalue weighted by Crippen LogP contribution is 2.23. The molecular weight excluding hydrogens is 266 g/mol. The Labute approximate surface area is 115 Å². The molecule has 2 rings (SSSR count). The Morgan fingerprint density at radius 3 is 2.95 bits per heavy atom. The van der Waals surface area contributed by atoms with Gasteiger partial charge in [-0.2, -0.15) is 5.10 Å². The van der Waals surface area contributed by atoms with E-state index in [-0.39, 0.29) is 12.3 Å². The number of hydrogen-bond donors (Lipinski definition) is 2. The highest BCUT2D eigenvalue weighted by atomic mass is 35.5. The predicted molar refractivity (Wildman–Crippen MR) is 73.7 cm³/mol. The van der Waals surface area contributed by atoms with Crippen LogP contribution in [0.3, 0.4) is 0 Å². The van der Waals surface area contributed by atoms with E-state index in [2.05, 4.69) is 15.5 Å². The summed E-state index contributed by atoms with van der Waals surface area (Å²) < 4.78 is 5.20. The number of ether oxygens (including phenoxy) is 1. The van der Waals surface area contributed by atoms with Crippen molar-refractivity contribution >= 4 is 23.3 Å². The molecule has 2 aromatic rings. The number of nitrogens with zero attached hydrogens (tertiary/aromatic N) is 1. The van der Waals surface area contributed by atoms with Gasteiger partial charge >= 0.3 is 0 Å². The van der Waals surface area contributed by atoms with Gasteiger partial charge in [-0.25, -0.2) is 0 Å². The van der Waals surface area contributed by atoms with E-state index in [1.54, 1.807) is 31.5 Å². The van der Waals surface area contributed by atoms with E-state index in [4.69, 9.17) is 16.3 Å². The molecule has 0 saturated carbocycles. The molecule has 2 N–H and O–H groups in total. The molecule has 0 saturated heterocycles. The maximum Gasteiger partial charge on any atom is 0.230 e. The Morgan fingerprint density at radius 1 is 1.53 bits per heavy atom. The number of hydrogen-bond acceptors (Lipinski definition) is 3. The van der Waals surface area contributed by atoms with Crippen molar-refractivity contribution in [1.82, 2.24) is 10.2 Å². The summed E-state index contributed by atoms with van der Waals surface area (Å²) in [5.74, 6) is 1.08. The molecule has 1 aromatic carbocycles. The summed E-state index contributed by atoms with van der Waals surface area (Å²) in [6, 6.07) is 5.19. The van der Waals surface area contributed by atoms with Gasteiger partial charge in [-0.05, 0) is 25.1 Å². The number of nitrogens with one attached hydrogen (secondary N) is 2. The molecule has 0 atom stereocenters. The van der Waals surface area contributed by atoms with E-state index in [0.29, 0.717) is 16.6 Å². The van der Waals surface area contributed by atoms with E-state index >= 15 is 0 Å². The number of aromatic amines is 1. The average molecular weight is 280 g/mol. The topological polar surface area (TPSA) is 67.0 Å². The lowest BCUT2D eigenvalue weighted by Crippen LogP contribution is -2.15. The summed E-state index contributed by atoms with van der Waals surface area (Å²) in [4.78, 5) is 12.0. The third-order valence-electron chi connectivity index (χ3n) is 2.69. The summed E-state index contributed by atoms with van der Waals surface area (Å²) in [5.41, 5.74) is 1.62. The van der Waals surface area contributed by atoms with Crippen LogP contribution in [0.4, 0.5) is 5.82 Å². The van der Waals surface area contributed by atoms with Crippen molar-refractivity contribution in [2.45, 2.75) is 13.3 Å². The van der Waals surface area contributed by atoms with Crippen molar-refractivity contribution in [3.63, 3.8) is 0 Å². The van der Waals surface area contributed by atoms with Gasteiger partial charge in [0.05, 0.1) is 19.7 Å². The summed E-state index contributed by atoms with van der Waals surface area (Å²) in [6.45, 7) is 1.86. The smallest absolute Gasteiger partial charge is 0.230 e. The Morgan fingerprint density at radius 2 is 2.32 bits per heavy atom. The molecule has 0 fully saturated rings. The van der Waals surface area contributed by atoms with Gasteiger partial charge in [0.25, 0.3) is 0 Å². The Hall–Kier alpha value is -2.01. The second-order valence-electron chi connectivity index (χ2n) is 4.11. The Bertz CT molecular complexity index is 595. The van der Waals surface area contributed by atoms with Crippen molar-refractivity contribution in [2.24, 2.45) is 0 Å². The molecule has 100 valence electrons. The SMILES string of the molecule is COc1ccc(Cl)cc1CC(=O)Nc1[nH]ncc1C. The maximum atomic E-state index is 12.0. The van der Waals surface area contributed by atoms with Crippen molar-refractivity contribution in [1.29, 1.82) is 0 Å². The Balaban J connectivity index is 2.11. The van der Waals surface area contributed by atoms with Gasteiger partial charge in [0.1, 0.15) is 11.6 Å². The van der Waals surface area contributed by atoms with Crippen LogP contribution < -0.4 is 10.1 Å². The van der Waals surface area contributed by atoms with Crippen LogP contribution >= 0.6 is 11.6 Å². The normalized spacial score (nSPS) is 10.3. The molecule has 6 heteroatoms. The quantitative estimate of drug-likeness (QED) is 0.904. The monoisotopic (exact) mass is 279 g/mol. The van der Waals surface area contributed by atoms with Gasteiger partial charge in [0.2, 0.25) is 5.91 Å². The number of benzene rings is 1. The zero-order valence-corrected chi connectivity index (χ0v) is 11.4. The van der Waals surface area contributed by atoms with Gasteiger partial charge in [-0.1, -0.05) is 11.6 Å². The summed E-state index contributed by atoms with van der Waals surface area (Å²) in [6.07, 6.45) is 1.83. The lowest BCUT2D eigenvalue weighted by molar-refractivity contribution is -0.115. The number of rotatable bonds is 4. The zero-order valence-electron chi connectivity index (χ0n) is 10.7. The highest BCUT2D eigenvalue weighted by molar-refractivity contribution is 6.30. The van der Waals surface area contributed by atoms with Gasteiger partial charge in [-0.15, -0.1) is 0 Å². The number of aryl methyl sites for hydroxylation is 1. The van der Waals surface area contributed by atoms with Crippen LogP contribution in [0.15, 0.2) is 24.4 Å². The molecule has 0 aliphatic rings. The van der Waals surface area contributed by atoms with E-state index in [1.807, 2.05) is 6.92 Å². The van der Waals surface area contributed by atoms with Gasteiger partial charge < -0.3 is 10.1 Å². The first kappa shape index (κ1) is 13.4. The van der Waals surface area contributed by atoms with Crippen molar-refractivity contribution in [3.05, 3.63) is 40.5 Å². The largest absolute Gasteiger partial charge is 0.496 e. The van der Waals surface area contributed by atoms with Crippen LogP contribution in [-0.4, -0.2) is 23.2 Å². The number of H-pyrrole nitrogens is 1. The fourth-order valence-electron chi connectivity index (χ4n) is 1.71. The molecule has 0 spiro atoms. The molecule has 19 heavy (non-hydrogen) atoms. The van der Waals surface area contributed by atoms with Gasteiger partial charge in [-0.3, -0.25) is 9.89 Å². The lowest BCUT2D eigenvalue weighted by Gasteiger charge is -2.09. The van der Waals surface area contributed by atoms with Crippen LogP contribution in [0.25, 0.3) is 0 Å². The number of carbonyl (C=O) groups is 1. The van der Waals surface area contributed by atoms with Crippen LogP contribution in [0.2, 0.25) is 5.02 Å². The van der Waals surface area contributed by atoms with Gasteiger partial charge in [0, 0.05) is 16.1 Å². The minimum absolute atomic E-state index is 0.159. The molecule has 1 amide bonds. The summed E-state index contributed by atoms with van der Waals surface area (Å²) in [5, 5.41) is 9.89. The number of halogens is 1. The van der Waals surface area contributed by atoms with Crippen LogP contribution in [0.1, 0.15) is 11.1 Å². The van der Waals surface area contributed by atoms with Crippen LogP contribution in [0.5, 0.6) is 5.75 Å². The standard InChI is InChI=1S/C13H14ClN3O2/c1-8-7-15-17-13(8)16-12(18)6-9-5-10(14)3-4-11(9)19-2/h3-5,7H,6H2,1-2H3,(H2,15,16,17,18). The minimum atomic E-state index is -0.159. The molecule has 0 aliphatic carbocycles. The molecule has 0 unspecified atom stereocenters. The number of methoxy groups -OCH3 is 1. The molecule has 0 aliphatic heterocycles. The first-order chi connectivity index (χ1) is 9.10. The first-order valence-electron chi connectivity index (χ1n) is 5.72. The van der Waals surface area contributed by atoms with E-state index in [1.165, 1.54) is 0 Å². The third kappa shape index (κ3) is 3.26. The van der Waals surface area contributed by atoms with Crippen molar-refractivity contribution < 1.29 is 9.53 Å². The minimum Gasteiger partial charge on any atom is -0.496 e. The molecule has 5 nitrogen and oxygen atoms in total. The van der Waals surface area contributed by atoms with Crippen molar-refractivity contribution in [2.75, 3.05) is 12.4 Å². The maximum absolute atomic E-state index is 12.0. The zero-order chi connectivity index (χ0) is 13.8. The molecule has 1 aromatic heterocycles. The Kier molecular flexibility index (Phi) is 4.06. The van der Waals surface area contributed by atoms with E-state index in [0.717, 1.165) is 11.1 Å². The van der Waals surface area contributed by atoms with E-state index < -0.39 is 0 Å². The van der Waals surface area contributed by atoms with Crippen LogP contribution in [0, 0.1) is 6.92 Å². The number of carbonyl (C=O) groups excluding carboxylic acids is 1. The van der Waals surface area contributed by atoms with Crippen LogP contribution in [-0.2, 0) is 11.2 Å². The van der Waals surface area contributed by atoms with Crippen molar-refractivity contribution in [3.8, 4) is 5.75 Å². The fourth-order valence-corrected chi connectivity index (χ4v) is 1.91. The summed E-state index contributed by atoms with van der Waals surface area (Å²) >= 11 is 5.92. The fraction of sp³-hybridized carbons (Fsp3) is 0.231. The number of anilines is 1. The molecular formula is C13H14ClN3O2. The molecule has 1 heterocycles. The number of aromatic nitrogens is 2. The first-order valence-corrected chi connectivity index (χ1v) is 6.10. The average Bonchev–Trinajstić information content (AvgIpc) is 2.75.